The maximum Gasteiger partial charge on any atom is 0.326 e. The number of urea groups is 1. The lowest BCUT2D eigenvalue weighted by atomic mass is 10.2. The van der Waals surface area contributed by atoms with Crippen molar-refractivity contribution in [2.45, 2.75) is 19.3 Å². The van der Waals surface area contributed by atoms with Crippen molar-refractivity contribution >= 4 is 29.2 Å². The number of carbonyl (C=O) groups is 2. The first kappa shape index (κ1) is 20.0. The number of hydrogen-bond acceptors (Lipinski definition) is 3. The predicted molar refractivity (Wildman–Crippen MR) is 97.6 cm³/mol. The van der Waals surface area contributed by atoms with Crippen LogP contribution in [0.15, 0.2) is 36.4 Å². The summed E-state index contributed by atoms with van der Waals surface area (Å²) in [4.78, 5) is 24.0. The largest absolute Gasteiger partial charge is 0.493 e. The Morgan fingerprint density at radius 2 is 2.00 bits per heavy atom. The van der Waals surface area contributed by atoms with Crippen LogP contribution in [0.25, 0.3) is 0 Å². The molecule has 1 saturated carbocycles. The smallest absolute Gasteiger partial charge is 0.326 e. The van der Waals surface area contributed by atoms with Gasteiger partial charge < -0.3 is 10.1 Å². The van der Waals surface area contributed by atoms with Gasteiger partial charge in [0.25, 0.3) is 11.8 Å². The van der Waals surface area contributed by atoms with Crippen LogP contribution in [0.3, 0.4) is 0 Å². The number of halogens is 4. The molecule has 2 aromatic rings. The molecule has 1 fully saturated rings. The Hall–Kier alpha value is -2.74. The number of anilines is 1. The molecule has 2 aromatic carbocycles. The van der Waals surface area contributed by atoms with Crippen molar-refractivity contribution in [3.05, 3.63) is 58.4 Å². The molecule has 0 spiro atoms. The zero-order valence-electron chi connectivity index (χ0n) is 14.7. The zero-order valence-corrected chi connectivity index (χ0v) is 15.4. The molecule has 0 aliphatic heterocycles. The molecule has 0 saturated heterocycles. The average molecular weight is 413 g/mol. The van der Waals surface area contributed by atoms with Crippen LogP contribution < -0.4 is 15.4 Å². The van der Waals surface area contributed by atoms with E-state index in [9.17, 15) is 22.8 Å². The molecule has 1 atom stereocenters. The molecule has 148 valence electrons. The molecular weight excluding hydrogens is 397 g/mol. The third kappa shape index (κ3) is 4.56. The summed E-state index contributed by atoms with van der Waals surface area (Å²) < 4.78 is 44.9. The summed E-state index contributed by atoms with van der Waals surface area (Å²) >= 11 is 5.79. The van der Waals surface area contributed by atoms with E-state index in [1.54, 1.807) is 13.0 Å². The Balaban J connectivity index is 1.58. The van der Waals surface area contributed by atoms with E-state index in [1.165, 1.54) is 24.3 Å². The summed E-state index contributed by atoms with van der Waals surface area (Å²) in [5.74, 6) is -4.84. The minimum Gasteiger partial charge on any atom is -0.493 e. The van der Waals surface area contributed by atoms with Crippen LogP contribution in [-0.4, -0.2) is 24.5 Å². The van der Waals surface area contributed by atoms with Crippen molar-refractivity contribution in [1.82, 2.24) is 5.32 Å². The van der Waals surface area contributed by atoms with E-state index in [0.29, 0.717) is 17.0 Å². The van der Waals surface area contributed by atoms with Gasteiger partial charge in [0.2, 0.25) is 0 Å². The van der Waals surface area contributed by atoms with Crippen LogP contribution >= 0.6 is 11.6 Å². The van der Waals surface area contributed by atoms with Crippen LogP contribution in [0.1, 0.15) is 22.3 Å². The highest BCUT2D eigenvalue weighted by Gasteiger charge is 2.57. The molecule has 3 rings (SSSR count). The molecule has 0 radical (unpaired) electrons. The second-order valence-corrected chi connectivity index (χ2v) is 6.87. The van der Waals surface area contributed by atoms with E-state index >= 15 is 0 Å². The molecule has 1 aliphatic carbocycles. The Labute approximate surface area is 163 Å². The molecule has 2 N–H and O–H groups in total. The van der Waals surface area contributed by atoms with Gasteiger partial charge in [0, 0.05) is 12.1 Å². The van der Waals surface area contributed by atoms with Gasteiger partial charge in [-0.15, -0.1) is 0 Å². The lowest BCUT2D eigenvalue weighted by Gasteiger charge is -2.12. The molecule has 28 heavy (non-hydrogen) atoms. The minimum atomic E-state index is -2.65. The van der Waals surface area contributed by atoms with Gasteiger partial charge in [-0.2, -0.15) is 0 Å². The summed E-state index contributed by atoms with van der Waals surface area (Å²) in [6, 6.07) is 7.42. The number of carbonyl (C=O) groups excluding carboxylic acids is 2. The molecule has 0 aromatic heterocycles. The number of nitrogens with one attached hydrogen (secondary N) is 2. The number of aryl methyl sites for hydroxylation is 1. The second kappa shape index (κ2) is 7.71. The number of hydrogen-bond donors (Lipinski definition) is 2. The maximum absolute atomic E-state index is 13.7. The fourth-order valence-electron chi connectivity index (χ4n) is 2.57. The number of alkyl halides is 2. The molecule has 1 unspecified atom stereocenters. The summed E-state index contributed by atoms with van der Waals surface area (Å²) in [5, 5.41) is 4.30. The predicted octanol–water partition coefficient (Wildman–Crippen LogP) is 4.78. The number of amides is 3. The Morgan fingerprint density at radius 3 is 2.61 bits per heavy atom. The summed E-state index contributed by atoms with van der Waals surface area (Å²) in [7, 11) is 0. The van der Waals surface area contributed by atoms with Crippen molar-refractivity contribution in [1.29, 1.82) is 0 Å². The number of rotatable bonds is 5. The molecule has 1 aliphatic rings. The fraction of sp³-hybridized carbons (Fsp3) is 0.263. The minimum absolute atomic E-state index is 0.0843. The Morgan fingerprint density at radius 1 is 1.29 bits per heavy atom. The molecule has 5 nitrogen and oxygen atoms in total. The first-order valence-corrected chi connectivity index (χ1v) is 8.73. The molecule has 0 bridgehead atoms. The van der Waals surface area contributed by atoms with Gasteiger partial charge in [-0.05, 0) is 42.8 Å². The highest BCUT2D eigenvalue weighted by atomic mass is 35.5. The van der Waals surface area contributed by atoms with E-state index in [1.807, 2.05) is 5.32 Å². The van der Waals surface area contributed by atoms with Gasteiger partial charge in [0.05, 0.1) is 23.1 Å². The van der Waals surface area contributed by atoms with E-state index in [2.05, 4.69) is 5.32 Å². The summed E-state index contributed by atoms with van der Waals surface area (Å²) in [6.45, 7) is 1.60. The van der Waals surface area contributed by atoms with Crippen LogP contribution in [0.4, 0.5) is 23.7 Å². The average Bonchev–Trinajstić information content (AvgIpc) is 3.20. The molecule has 3 amide bonds. The lowest BCUT2D eigenvalue weighted by molar-refractivity contribution is 0.0854. The van der Waals surface area contributed by atoms with Crippen molar-refractivity contribution < 1.29 is 27.5 Å². The van der Waals surface area contributed by atoms with Gasteiger partial charge in [0.1, 0.15) is 11.6 Å². The first-order valence-electron chi connectivity index (χ1n) is 8.35. The molecule has 0 heterocycles. The third-order valence-electron chi connectivity index (χ3n) is 4.25. The van der Waals surface area contributed by atoms with Crippen molar-refractivity contribution in [2.24, 2.45) is 5.92 Å². The summed E-state index contributed by atoms with van der Waals surface area (Å²) in [6.07, 6.45) is -0.175. The summed E-state index contributed by atoms with van der Waals surface area (Å²) in [5.41, 5.74) is 0.521. The third-order valence-corrected chi connectivity index (χ3v) is 4.56. The monoisotopic (exact) mass is 412 g/mol. The normalized spacial score (nSPS) is 17.0. The fourth-order valence-corrected chi connectivity index (χ4v) is 2.82. The maximum atomic E-state index is 13.7. The standard InChI is InChI=1S/C19H16ClF3N2O3/c1-10-7-12(5-6-15(10)28-9-11-8-19(11,22)23)24-18(27)25-17(26)16-13(20)3-2-4-14(16)21/h2-7,11H,8-9H2,1H3,(H2,24,25,26,27). The van der Waals surface area contributed by atoms with Crippen LogP contribution in [0, 0.1) is 18.7 Å². The topological polar surface area (TPSA) is 67.4 Å². The second-order valence-electron chi connectivity index (χ2n) is 6.46. The van der Waals surface area contributed by atoms with Crippen LogP contribution in [0.2, 0.25) is 5.02 Å². The van der Waals surface area contributed by atoms with E-state index < -0.39 is 35.2 Å². The lowest BCUT2D eigenvalue weighted by Crippen LogP contribution is -2.35. The van der Waals surface area contributed by atoms with Gasteiger partial charge in [-0.3, -0.25) is 10.1 Å². The first-order chi connectivity index (χ1) is 13.2. The van der Waals surface area contributed by atoms with Crippen LogP contribution in [0.5, 0.6) is 5.75 Å². The van der Waals surface area contributed by atoms with Crippen molar-refractivity contribution in [3.63, 3.8) is 0 Å². The van der Waals surface area contributed by atoms with E-state index in [4.69, 9.17) is 16.3 Å². The highest BCUT2D eigenvalue weighted by Crippen LogP contribution is 2.48. The SMILES string of the molecule is Cc1cc(NC(=O)NC(=O)c2c(F)cccc2Cl)ccc1OCC1CC1(F)F. The number of ether oxygens (including phenoxy) is 1. The van der Waals surface area contributed by atoms with E-state index in [0.717, 1.165) is 6.07 Å². The Kier molecular flexibility index (Phi) is 5.51. The van der Waals surface area contributed by atoms with E-state index in [-0.39, 0.29) is 18.1 Å². The van der Waals surface area contributed by atoms with Crippen LogP contribution in [-0.2, 0) is 0 Å². The zero-order chi connectivity index (χ0) is 20.5. The van der Waals surface area contributed by atoms with Gasteiger partial charge in [-0.1, -0.05) is 17.7 Å². The molecule has 9 heteroatoms. The van der Waals surface area contributed by atoms with Gasteiger partial charge in [-0.25, -0.2) is 18.0 Å². The Bertz CT molecular complexity index is 916. The van der Waals surface area contributed by atoms with Gasteiger partial charge >= 0.3 is 6.03 Å². The highest BCUT2D eigenvalue weighted by molar-refractivity contribution is 6.34. The number of imide groups is 1. The van der Waals surface area contributed by atoms with Crippen molar-refractivity contribution in [2.75, 3.05) is 11.9 Å². The van der Waals surface area contributed by atoms with Gasteiger partial charge in [0.15, 0.2) is 0 Å². The molecular formula is C19H16ClF3N2O3. The quantitative estimate of drug-likeness (QED) is 0.742. The van der Waals surface area contributed by atoms with Crippen molar-refractivity contribution in [3.8, 4) is 5.75 Å². The number of benzene rings is 2.